The Kier molecular flexibility index (Phi) is 4.93. The molecule has 1 amide bonds. The first-order chi connectivity index (χ1) is 9.16. The molecular weight excluding hydrogens is 240 g/mol. The summed E-state index contributed by atoms with van der Waals surface area (Å²) in [6, 6.07) is 8.10. The second-order valence-electron chi connectivity index (χ2n) is 5.16. The molecule has 104 valence electrons. The number of nitrogens with one attached hydrogen (secondary N) is 2. The molecule has 19 heavy (non-hydrogen) atoms. The number of anilines is 1. The van der Waals surface area contributed by atoms with Crippen LogP contribution in [0.25, 0.3) is 0 Å². The van der Waals surface area contributed by atoms with E-state index in [1.165, 1.54) is 0 Å². The number of carbonyl (C=O) groups is 1. The molecule has 2 rings (SSSR count). The Morgan fingerprint density at radius 3 is 2.95 bits per heavy atom. The van der Waals surface area contributed by atoms with Gasteiger partial charge in [-0.1, -0.05) is 18.2 Å². The molecule has 1 fully saturated rings. The van der Waals surface area contributed by atoms with E-state index in [9.17, 15) is 4.79 Å². The molecule has 1 aromatic rings. The van der Waals surface area contributed by atoms with Crippen LogP contribution in [-0.4, -0.2) is 31.7 Å². The molecule has 0 bridgehead atoms. The Labute approximate surface area is 114 Å². The Morgan fingerprint density at radius 1 is 1.47 bits per heavy atom. The molecule has 4 nitrogen and oxygen atoms in total. The molecule has 0 spiro atoms. The van der Waals surface area contributed by atoms with E-state index in [0.29, 0.717) is 18.5 Å². The zero-order valence-electron chi connectivity index (χ0n) is 11.6. The molecule has 0 radical (unpaired) electrons. The van der Waals surface area contributed by atoms with Crippen molar-refractivity contribution >= 4 is 11.6 Å². The summed E-state index contributed by atoms with van der Waals surface area (Å²) in [4.78, 5) is 11.9. The highest BCUT2D eigenvalue weighted by molar-refractivity contribution is 5.92. The molecular formula is C15H22N2O2. The molecule has 1 heterocycles. The third-order valence-electron chi connectivity index (χ3n) is 3.68. The fraction of sp³-hybridized carbons (Fsp3) is 0.533. The largest absolute Gasteiger partial charge is 0.381 e. The lowest BCUT2D eigenvalue weighted by atomic mass is 10.0. The van der Waals surface area contributed by atoms with E-state index in [1.54, 1.807) is 0 Å². The Bertz CT molecular complexity index is 428. The van der Waals surface area contributed by atoms with Crippen LogP contribution in [-0.2, 0) is 9.53 Å². The molecule has 2 N–H and O–H groups in total. The normalized spacial score (nSPS) is 20.2. The summed E-state index contributed by atoms with van der Waals surface area (Å²) < 4.78 is 5.36. The maximum absolute atomic E-state index is 11.9. The lowest BCUT2D eigenvalue weighted by Crippen LogP contribution is -2.39. The van der Waals surface area contributed by atoms with Gasteiger partial charge in [-0.3, -0.25) is 4.79 Å². The molecule has 0 aliphatic carbocycles. The summed E-state index contributed by atoms with van der Waals surface area (Å²) >= 11 is 0. The summed E-state index contributed by atoms with van der Waals surface area (Å²) in [6.45, 7) is 6.08. The smallest absolute Gasteiger partial charge is 0.238 e. The van der Waals surface area contributed by atoms with E-state index in [4.69, 9.17) is 4.74 Å². The van der Waals surface area contributed by atoms with E-state index in [1.807, 2.05) is 31.2 Å². The molecule has 1 aliphatic heterocycles. The third kappa shape index (κ3) is 4.04. The number of carbonyl (C=O) groups excluding carboxylic acids is 1. The summed E-state index contributed by atoms with van der Waals surface area (Å²) in [5, 5.41) is 6.20. The molecule has 4 heteroatoms. The van der Waals surface area contributed by atoms with Crippen LogP contribution >= 0.6 is 0 Å². The lowest BCUT2D eigenvalue weighted by molar-refractivity contribution is -0.115. The summed E-state index contributed by atoms with van der Waals surface area (Å²) in [6.07, 6.45) is 1.08. The predicted molar refractivity (Wildman–Crippen MR) is 76.2 cm³/mol. The van der Waals surface area contributed by atoms with Crippen molar-refractivity contribution in [2.24, 2.45) is 5.92 Å². The van der Waals surface area contributed by atoms with Crippen molar-refractivity contribution < 1.29 is 9.53 Å². The van der Waals surface area contributed by atoms with Crippen LogP contribution in [0, 0.1) is 12.8 Å². The van der Waals surface area contributed by atoms with Gasteiger partial charge < -0.3 is 15.4 Å². The van der Waals surface area contributed by atoms with Crippen molar-refractivity contribution in [3.8, 4) is 0 Å². The fourth-order valence-corrected chi connectivity index (χ4v) is 2.27. The van der Waals surface area contributed by atoms with Crippen molar-refractivity contribution in [2.75, 3.05) is 25.1 Å². The maximum Gasteiger partial charge on any atom is 0.238 e. The van der Waals surface area contributed by atoms with Gasteiger partial charge in [0.25, 0.3) is 0 Å². The van der Waals surface area contributed by atoms with E-state index < -0.39 is 0 Å². The Hall–Kier alpha value is -1.39. The summed E-state index contributed by atoms with van der Waals surface area (Å²) in [7, 11) is 0. The fourth-order valence-electron chi connectivity index (χ4n) is 2.27. The quantitative estimate of drug-likeness (QED) is 0.852. The van der Waals surface area contributed by atoms with Gasteiger partial charge >= 0.3 is 0 Å². The van der Waals surface area contributed by atoms with Gasteiger partial charge in [0.05, 0.1) is 13.2 Å². The van der Waals surface area contributed by atoms with Gasteiger partial charge in [-0.2, -0.15) is 0 Å². The number of para-hydroxylation sites is 1. The first-order valence-corrected chi connectivity index (χ1v) is 6.83. The summed E-state index contributed by atoms with van der Waals surface area (Å²) in [5.74, 6) is 0.520. The van der Waals surface area contributed by atoms with Crippen LogP contribution in [0.5, 0.6) is 0 Å². The van der Waals surface area contributed by atoms with Crippen molar-refractivity contribution in [3.05, 3.63) is 29.8 Å². The second kappa shape index (κ2) is 6.68. The van der Waals surface area contributed by atoms with Crippen molar-refractivity contribution in [1.82, 2.24) is 5.32 Å². The number of aryl methyl sites for hydroxylation is 1. The molecule has 0 saturated carbocycles. The first kappa shape index (κ1) is 14.0. The summed E-state index contributed by atoms with van der Waals surface area (Å²) in [5.41, 5.74) is 1.96. The van der Waals surface area contributed by atoms with Gasteiger partial charge in [-0.05, 0) is 37.8 Å². The lowest BCUT2D eigenvalue weighted by Gasteiger charge is -2.19. The third-order valence-corrected chi connectivity index (χ3v) is 3.68. The topological polar surface area (TPSA) is 50.4 Å². The van der Waals surface area contributed by atoms with Gasteiger partial charge in [0.2, 0.25) is 5.91 Å². The zero-order valence-corrected chi connectivity index (χ0v) is 11.6. The minimum Gasteiger partial charge on any atom is -0.381 e. The van der Waals surface area contributed by atoms with Crippen LogP contribution < -0.4 is 10.6 Å². The molecule has 0 aromatic heterocycles. The number of benzene rings is 1. The highest BCUT2D eigenvalue weighted by Crippen LogP contribution is 2.16. The van der Waals surface area contributed by atoms with E-state index in [-0.39, 0.29) is 5.91 Å². The van der Waals surface area contributed by atoms with E-state index >= 15 is 0 Å². The van der Waals surface area contributed by atoms with Gasteiger partial charge in [0, 0.05) is 18.3 Å². The minimum absolute atomic E-state index is 0.0000605. The number of hydrogen-bond acceptors (Lipinski definition) is 3. The van der Waals surface area contributed by atoms with Crippen LogP contribution in [0.15, 0.2) is 24.3 Å². The van der Waals surface area contributed by atoms with Crippen molar-refractivity contribution in [2.45, 2.75) is 26.3 Å². The second-order valence-corrected chi connectivity index (χ2v) is 5.16. The van der Waals surface area contributed by atoms with Crippen LogP contribution in [0.3, 0.4) is 0 Å². The molecule has 1 aliphatic rings. The van der Waals surface area contributed by atoms with Crippen LogP contribution in [0.2, 0.25) is 0 Å². The van der Waals surface area contributed by atoms with Gasteiger partial charge in [-0.15, -0.1) is 0 Å². The van der Waals surface area contributed by atoms with Crippen molar-refractivity contribution in [3.63, 3.8) is 0 Å². The maximum atomic E-state index is 11.9. The van der Waals surface area contributed by atoms with Crippen molar-refractivity contribution in [1.29, 1.82) is 0 Å². The number of rotatable bonds is 5. The molecule has 1 saturated heterocycles. The Morgan fingerprint density at radius 2 is 2.26 bits per heavy atom. The molecule has 2 atom stereocenters. The standard InChI is InChI=1S/C15H22N2O2/c1-11-5-3-4-6-14(11)17-15(18)9-16-12(2)13-7-8-19-10-13/h3-6,12-13,16H,7-10H2,1-2H3,(H,17,18). The Balaban J connectivity index is 1.77. The van der Waals surface area contributed by atoms with E-state index in [2.05, 4.69) is 17.6 Å². The molecule has 1 aromatic carbocycles. The van der Waals surface area contributed by atoms with E-state index in [0.717, 1.165) is 30.9 Å². The predicted octanol–water partition coefficient (Wildman–Crippen LogP) is 1.95. The minimum atomic E-state index is 0.0000605. The number of ether oxygens (including phenoxy) is 1. The van der Waals surface area contributed by atoms with Gasteiger partial charge in [-0.25, -0.2) is 0 Å². The first-order valence-electron chi connectivity index (χ1n) is 6.83. The average Bonchev–Trinajstić information content (AvgIpc) is 2.93. The number of hydrogen-bond donors (Lipinski definition) is 2. The SMILES string of the molecule is Cc1ccccc1NC(=O)CNC(C)C1CCOC1. The highest BCUT2D eigenvalue weighted by atomic mass is 16.5. The van der Waals surface area contributed by atoms with Crippen LogP contribution in [0.1, 0.15) is 18.9 Å². The number of amides is 1. The highest BCUT2D eigenvalue weighted by Gasteiger charge is 2.22. The monoisotopic (exact) mass is 262 g/mol. The van der Waals surface area contributed by atoms with Gasteiger partial charge in [0.15, 0.2) is 0 Å². The zero-order chi connectivity index (χ0) is 13.7. The van der Waals surface area contributed by atoms with Crippen LogP contribution in [0.4, 0.5) is 5.69 Å². The molecule has 2 unspecified atom stereocenters. The average molecular weight is 262 g/mol. The van der Waals surface area contributed by atoms with Gasteiger partial charge in [0.1, 0.15) is 0 Å².